The van der Waals surface area contributed by atoms with E-state index in [1.165, 1.54) is 117 Å². The van der Waals surface area contributed by atoms with Crippen LogP contribution in [0.5, 0.6) is 0 Å². The Labute approximate surface area is 357 Å². The van der Waals surface area contributed by atoms with Gasteiger partial charge in [-0.1, -0.05) is 158 Å². The molecule has 8 aromatic rings. The minimum atomic E-state index is 0.231. The second-order valence-corrected chi connectivity index (χ2v) is 16.8. The van der Waals surface area contributed by atoms with Crippen LogP contribution in [0.1, 0.15) is 62.4 Å². The fourth-order valence-corrected chi connectivity index (χ4v) is 9.46. The van der Waals surface area contributed by atoms with Gasteiger partial charge in [-0.15, -0.1) is 0 Å². The quantitative estimate of drug-likeness (QED) is 0.144. The van der Waals surface area contributed by atoms with Gasteiger partial charge in [0.2, 0.25) is 0 Å². The van der Waals surface area contributed by atoms with Crippen LogP contribution in [-0.4, -0.2) is 0 Å². The molecule has 8 aromatic carbocycles. The maximum Gasteiger partial charge on any atom is 0.00704 e. The summed E-state index contributed by atoms with van der Waals surface area (Å²) >= 11 is 0. The predicted molar refractivity (Wildman–Crippen MR) is 258 cm³/mol. The highest BCUT2D eigenvalue weighted by atomic mass is 14.3. The normalized spacial score (nSPS) is 13.8. The summed E-state index contributed by atoms with van der Waals surface area (Å²) in [5, 5.41) is 0. The lowest BCUT2D eigenvalue weighted by molar-refractivity contribution is 0.861. The van der Waals surface area contributed by atoms with Crippen LogP contribution in [0, 0.1) is 41.5 Å². The first-order chi connectivity index (χ1) is 29.2. The van der Waals surface area contributed by atoms with Crippen molar-refractivity contribution in [2.75, 3.05) is 0 Å². The molecule has 292 valence electrons. The molecule has 0 amide bonds. The number of rotatable bonds is 8. The Bertz CT molecular complexity index is 2900. The van der Waals surface area contributed by atoms with Crippen molar-refractivity contribution < 1.29 is 0 Å². The molecule has 0 radical (unpaired) electrons. The van der Waals surface area contributed by atoms with Gasteiger partial charge in [0, 0.05) is 5.92 Å². The van der Waals surface area contributed by atoms with E-state index in [1.54, 1.807) is 0 Å². The van der Waals surface area contributed by atoms with Gasteiger partial charge in [0.1, 0.15) is 0 Å². The summed E-state index contributed by atoms with van der Waals surface area (Å²) in [6, 6.07) is 65.5. The molecule has 0 heteroatoms. The van der Waals surface area contributed by atoms with Gasteiger partial charge in [0.15, 0.2) is 0 Å². The molecule has 0 saturated heterocycles. The first-order valence-electron chi connectivity index (χ1n) is 21.4. The smallest absolute Gasteiger partial charge is 0.00704 e. The molecule has 0 N–H and O–H groups in total. The lowest BCUT2D eigenvalue weighted by Crippen LogP contribution is -2.07. The molecule has 1 aliphatic carbocycles. The van der Waals surface area contributed by atoms with Crippen molar-refractivity contribution in [1.29, 1.82) is 0 Å². The van der Waals surface area contributed by atoms with Crippen LogP contribution in [-0.2, 0) is 0 Å². The van der Waals surface area contributed by atoms with Gasteiger partial charge >= 0.3 is 0 Å². The summed E-state index contributed by atoms with van der Waals surface area (Å²) in [5.74, 6) is 0.231. The lowest BCUT2D eigenvalue weighted by atomic mass is 9.77. The molecule has 0 aliphatic heterocycles. The Morgan fingerprint density at radius 3 is 1.15 bits per heavy atom. The second kappa shape index (κ2) is 16.5. The number of benzene rings is 8. The molecule has 0 nitrogen and oxygen atoms in total. The number of hydrogen-bond donors (Lipinski definition) is 0. The van der Waals surface area contributed by atoms with Crippen molar-refractivity contribution in [1.82, 2.24) is 0 Å². The molecule has 60 heavy (non-hydrogen) atoms. The highest BCUT2D eigenvalue weighted by molar-refractivity contribution is 5.99. The molecule has 1 atom stereocenters. The third kappa shape index (κ3) is 7.51. The van der Waals surface area contributed by atoms with Crippen LogP contribution in [0.25, 0.3) is 66.8 Å². The topological polar surface area (TPSA) is 0 Å². The third-order valence-electron chi connectivity index (χ3n) is 12.7. The molecule has 0 heterocycles. The summed E-state index contributed by atoms with van der Waals surface area (Å²) < 4.78 is 0. The van der Waals surface area contributed by atoms with Crippen LogP contribution >= 0.6 is 0 Å². The summed E-state index contributed by atoms with van der Waals surface area (Å²) in [6.45, 7) is 13.5. The van der Waals surface area contributed by atoms with E-state index < -0.39 is 0 Å². The maximum atomic E-state index is 2.55. The molecule has 0 aromatic heterocycles. The van der Waals surface area contributed by atoms with Crippen LogP contribution in [0.3, 0.4) is 0 Å². The van der Waals surface area contributed by atoms with Crippen LogP contribution in [0.4, 0.5) is 0 Å². The molecular weight excluding hydrogens is 721 g/mol. The van der Waals surface area contributed by atoms with Crippen molar-refractivity contribution in [2.45, 2.75) is 53.9 Å². The van der Waals surface area contributed by atoms with E-state index in [0.29, 0.717) is 0 Å². The molecule has 0 fully saturated rings. The van der Waals surface area contributed by atoms with E-state index in [9.17, 15) is 0 Å². The average Bonchev–Trinajstić information content (AvgIpc) is 3.27. The third-order valence-corrected chi connectivity index (χ3v) is 12.7. The zero-order chi connectivity index (χ0) is 41.3. The Kier molecular flexibility index (Phi) is 10.6. The lowest BCUT2D eigenvalue weighted by Gasteiger charge is -2.27. The van der Waals surface area contributed by atoms with Crippen molar-refractivity contribution in [3.8, 4) is 55.6 Å². The van der Waals surface area contributed by atoms with Gasteiger partial charge in [-0.25, -0.2) is 0 Å². The van der Waals surface area contributed by atoms with Crippen LogP contribution in [0.15, 0.2) is 188 Å². The summed E-state index contributed by atoms with van der Waals surface area (Å²) in [5.41, 5.74) is 26.7. The first kappa shape index (κ1) is 38.7. The van der Waals surface area contributed by atoms with Gasteiger partial charge in [-0.3, -0.25) is 0 Å². The molecule has 1 unspecified atom stereocenters. The van der Waals surface area contributed by atoms with E-state index in [-0.39, 0.29) is 5.92 Å². The summed E-state index contributed by atoms with van der Waals surface area (Å²) in [6.07, 6.45) is 6.00. The standard InChI is InChI=1S/C60H52/c1-39-19-7-13-25-51(39)45-31-46(52-26-14-8-20-40(52)2)34-49(33-45)57-37-60(56-30-18-12-24-44(56)6)58(38-59(57)55-29-17-11-23-43(55)5)50-35-47(53-27-15-9-21-41(53)3)32-48(36-50)54-28-16-10-22-42(54)4/h7-31,33-38,47H,32H2,1-6H3. The van der Waals surface area contributed by atoms with Gasteiger partial charge in [0.25, 0.3) is 0 Å². The zero-order valence-corrected chi connectivity index (χ0v) is 35.7. The highest BCUT2D eigenvalue weighted by Crippen LogP contribution is 2.48. The zero-order valence-electron chi connectivity index (χ0n) is 35.7. The van der Waals surface area contributed by atoms with Crippen LogP contribution in [0.2, 0.25) is 0 Å². The fraction of sp³-hybridized carbons (Fsp3) is 0.133. The van der Waals surface area contributed by atoms with Crippen LogP contribution < -0.4 is 0 Å². The van der Waals surface area contributed by atoms with E-state index in [0.717, 1.165) is 6.42 Å². The Balaban J connectivity index is 1.38. The minimum absolute atomic E-state index is 0.231. The first-order valence-corrected chi connectivity index (χ1v) is 21.4. The van der Waals surface area contributed by atoms with Gasteiger partial charge < -0.3 is 0 Å². The second-order valence-electron chi connectivity index (χ2n) is 16.8. The van der Waals surface area contributed by atoms with E-state index >= 15 is 0 Å². The predicted octanol–water partition coefficient (Wildman–Crippen LogP) is 16.5. The molecule has 0 saturated carbocycles. The van der Waals surface area contributed by atoms with Crippen molar-refractivity contribution in [3.63, 3.8) is 0 Å². The molecule has 9 rings (SSSR count). The SMILES string of the molecule is Cc1ccccc1C1=CC(c2cc(-c3ccccc3C)c(-c3cc(-c4ccccc4C)cc(-c4ccccc4C)c3)cc2-c2ccccc2C)=CC(c2ccccc2C)C1. The highest BCUT2D eigenvalue weighted by Gasteiger charge is 2.25. The maximum absolute atomic E-state index is 2.55. The van der Waals surface area contributed by atoms with Gasteiger partial charge in [0.05, 0.1) is 0 Å². The molecule has 0 bridgehead atoms. The van der Waals surface area contributed by atoms with Crippen molar-refractivity contribution >= 4 is 11.1 Å². The van der Waals surface area contributed by atoms with Crippen molar-refractivity contribution in [2.24, 2.45) is 0 Å². The molecule has 1 aliphatic rings. The number of allylic oxidation sites excluding steroid dienone is 4. The number of aryl methyl sites for hydroxylation is 6. The number of hydrogen-bond acceptors (Lipinski definition) is 0. The minimum Gasteiger partial charge on any atom is -0.0688 e. The summed E-state index contributed by atoms with van der Waals surface area (Å²) in [7, 11) is 0. The summed E-state index contributed by atoms with van der Waals surface area (Å²) in [4.78, 5) is 0. The Morgan fingerprint density at radius 1 is 0.317 bits per heavy atom. The molecular formula is C60H52. The van der Waals surface area contributed by atoms with E-state index in [1.807, 2.05) is 0 Å². The average molecular weight is 773 g/mol. The molecule has 0 spiro atoms. The van der Waals surface area contributed by atoms with E-state index in [2.05, 4.69) is 230 Å². The fourth-order valence-electron chi connectivity index (χ4n) is 9.46. The van der Waals surface area contributed by atoms with Crippen molar-refractivity contribution in [3.05, 3.63) is 238 Å². The Hall–Kier alpha value is -6.76. The monoisotopic (exact) mass is 772 g/mol. The van der Waals surface area contributed by atoms with E-state index in [4.69, 9.17) is 0 Å². The largest absolute Gasteiger partial charge is 0.0688 e. The van der Waals surface area contributed by atoms with Gasteiger partial charge in [-0.2, -0.15) is 0 Å². The van der Waals surface area contributed by atoms with Gasteiger partial charge in [-0.05, 0) is 195 Å². The Morgan fingerprint density at radius 2 is 0.683 bits per heavy atom.